The van der Waals surface area contributed by atoms with Crippen LogP contribution in [0.4, 0.5) is 5.95 Å². The number of nitrogens with zero attached hydrogens (tertiary/aromatic N) is 2. The first-order chi connectivity index (χ1) is 10.1. The molecule has 3 nitrogen and oxygen atoms in total. The maximum atomic E-state index is 5.59. The predicted molar refractivity (Wildman–Crippen MR) is 110 cm³/mol. The van der Waals surface area contributed by atoms with E-state index in [2.05, 4.69) is 9.97 Å². The van der Waals surface area contributed by atoms with Gasteiger partial charge in [-0.05, 0) is 19.4 Å². The van der Waals surface area contributed by atoms with Crippen LogP contribution in [-0.4, -0.2) is 96.1 Å². The van der Waals surface area contributed by atoms with Crippen LogP contribution in [0.25, 0.3) is 0 Å². The zero-order chi connectivity index (χ0) is 17.4. The number of nitrogen functional groups attached to an aromatic ring is 1. The van der Waals surface area contributed by atoms with E-state index in [1.54, 1.807) is 0 Å². The molecule has 0 aliphatic heterocycles. The van der Waals surface area contributed by atoms with Crippen molar-refractivity contribution in [3.8, 4) is 0 Å². The molecule has 2 N–H and O–H groups in total. The number of aryl methyl sites for hydroxylation is 2. The second-order valence-electron chi connectivity index (χ2n) is 5.10. The lowest BCUT2D eigenvalue weighted by molar-refractivity contribution is 0.987. The lowest BCUT2D eigenvalue weighted by atomic mass is 8.53. The first-order valence-electron chi connectivity index (χ1n) is 6.99. The molecule has 15 heteroatoms. The Morgan fingerprint density at radius 2 is 1.45 bits per heavy atom. The zero-order valence-corrected chi connectivity index (χ0v) is 13.2. The highest BCUT2D eigenvalue weighted by molar-refractivity contribution is 8.05. The van der Waals surface area contributed by atoms with Crippen molar-refractivity contribution >= 4 is 92.0 Å². The summed E-state index contributed by atoms with van der Waals surface area (Å²) < 4.78 is 0. The van der Waals surface area contributed by atoms with Crippen LogP contribution in [-0.2, 0) is 6.42 Å². The van der Waals surface area contributed by atoms with Crippen LogP contribution in [0, 0.1) is 6.92 Å². The Bertz CT molecular complexity index is 414. The quantitative estimate of drug-likeness (QED) is 0.560. The fourth-order valence-corrected chi connectivity index (χ4v) is 1.87. The SMILES string of the molecule is CCc1cc(C)nc(N)n1.[B]B([B])B([B])B(B([B])[B])B([B])[B]. The Morgan fingerprint density at radius 3 is 1.73 bits per heavy atom. The molecule has 0 fully saturated rings. The van der Waals surface area contributed by atoms with E-state index in [1.165, 1.54) is 0 Å². The third-order valence-corrected chi connectivity index (χ3v) is 3.06. The van der Waals surface area contributed by atoms with Gasteiger partial charge in [0, 0.05) is 97.5 Å². The largest absolute Gasteiger partial charge is 0.368 e. The second-order valence-corrected chi connectivity index (χ2v) is 5.10. The minimum absolute atomic E-state index is 0.372. The molecule has 0 aliphatic carbocycles. The minimum Gasteiger partial charge on any atom is -0.368 e. The molecule has 0 saturated heterocycles. The third kappa shape index (κ3) is 7.78. The summed E-state index contributed by atoms with van der Waals surface area (Å²) in [5, 5.41) is 0. The molecule has 1 aromatic heterocycles. The van der Waals surface area contributed by atoms with E-state index < -0.39 is 31.9 Å². The Kier molecular flexibility index (Phi) is 10.3. The van der Waals surface area contributed by atoms with Crippen molar-refractivity contribution in [1.82, 2.24) is 9.97 Å². The van der Waals surface area contributed by atoms with Gasteiger partial charge in [0.2, 0.25) is 5.95 Å². The Hall–Kier alpha value is -0.341. The van der Waals surface area contributed by atoms with Crippen molar-refractivity contribution < 1.29 is 0 Å². The average Bonchev–Trinajstić information content (AvgIpc) is 2.37. The molecule has 0 aliphatic rings. The van der Waals surface area contributed by atoms with Gasteiger partial charge in [-0.25, -0.2) is 9.97 Å². The molecular weight excluding hydrogens is 256 g/mol. The molecule has 0 atom stereocenters. The number of anilines is 1. The van der Waals surface area contributed by atoms with Gasteiger partial charge in [0.1, 0.15) is 0 Å². The van der Waals surface area contributed by atoms with Gasteiger partial charge in [-0.2, -0.15) is 0 Å². The molecule has 14 radical (unpaired) electrons. The molecule has 0 amide bonds. The van der Waals surface area contributed by atoms with E-state index in [4.69, 9.17) is 59.9 Å². The molecule has 1 heterocycles. The topological polar surface area (TPSA) is 51.8 Å². The number of hydrogen-bond donors (Lipinski definition) is 1. The summed E-state index contributed by atoms with van der Waals surface area (Å²) in [6.07, 6.45) is -2.31. The summed E-state index contributed by atoms with van der Waals surface area (Å²) in [7, 11) is 37.9. The van der Waals surface area contributed by atoms with Crippen molar-refractivity contribution in [3.63, 3.8) is 0 Å². The fraction of sp³-hybridized carbons (Fsp3) is 0.429. The van der Waals surface area contributed by atoms with Crippen LogP contribution < -0.4 is 5.73 Å². The zero-order valence-electron chi connectivity index (χ0n) is 13.2. The summed E-state index contributed by atoms with van der Waals surface area (Å²) >= 11 is 0. The third-order valence-electron chi connectivity index (χ3n) is 3.06. The molecule has 0 unspecified atom stereocenters. The maximum absolute atomic E-state index is 5.59. The van der Waals surface area contributed by atoms with Gasteiger partial charge in [0.25, 0.3) is 0 Å². The molecular formula is C7H11B12N3. The van der Waals surface area contributed by atoms with Gasteiger partial charge in [0.15, 0.2) is 0 Å². The minimum atomic E-state index is -0.723. The van der Waals surface area contributed by atoms with E-state index in [-0.39, 0.29) is 0 Å². The summed E-state index contributed by atoms with van der Waals surface area (Å²) in [6.45, 7) is 3.96. The van der Waals surface area contributed by atoms with Crippen LogP contribution in [0.1, 0.15) is 18.3 Å². The van der Waals surface area contributed by atoms with Crippen molar-refractivity contribution in [2.75, 3.05) is 5.73 Å². The molecule has 0 spiro atoms. The van der Waals surface area contributed by atoms with Gasteiger partial charge in [-0.3, -0.25) is 0 Å². The van der Waals surface area contributed by atoms with E-state index in [9.17, 15) is 0 Å². The van der Waals surface area contributed by atoms with Gasteiger partial charge < -0.3 is 5.73 Å². The fourth-order valence-electron chi connectivity index (χ4n) is 1.87. The lowest BCUT2D eigenvalue weighted by Gasteiger charge is -2.29. The standard InChI is InChI=1S/C7H11N3.B12/c1-3-6-4-5(2)9-7(8)10-6;1-8(2)11(7)12(9(3)4)10(5)6/h4H,3H2,1-2H3,(H2,8,9,10);. The number of rotatable bonds is 5. The van der Waals surface area contributed by atoms with Gasteiger partial charge in [0.05, 0.1) is 0 Å². The Morgan fingerprint density at radius 1 is 0.955 bits per heavy atom. The maximum Gasteiger partial charge on any atom is 0.220 e. The number of nitrogens with two attached hydrogens (primary N) is 1. The summed E-state index contributed by atoms with van der Waals surface area (Å²) in [4.78, 5) is 7.97. The highest BCUT2D eigenvalue weighted by atomic mass is 15.0. The van der Waals surface area contributed by atoms with Crippen molar-refractivity contribution in [1.29, 1.82) is 0 Å². The molecule has 1 rings (SSSR count). The molecule has 22 heavy (non-hydrogen) atoms. The van der Waals surface area contributed by atoms with Crippen LogP contribution in [0.15, 0.2) is 6.07 Å². The van der Waals surface area contributed by atoms with Crippen LogP contribution >= 0.6 is 0 Å². The monoisotopic (exact) mass is 269 g/mol. The van der Waals surface area contributed by atoms with E-state index in [1.807, 2.05) is 19.9 Å². The Labute approximate surface area is 145 Å². The summed E-state index contributed by atoms with van der Waals surface area (Å²) in [6, 6.07) is 1.94. The summed E-state index contributed by atoms with van der Waals surface area (Å²) in [5.41, 5.74) is 7.35. The highest BCUT2D eigenvalue weighted by Gasteiger charge is 2.29. The van der Waals surface area contributed by atoms with Crippen LogP contribution in [0.3, 0.4) is 0 Å². The van der Waals surface area contributed by atoms with Gasteiger partial charge >= 0.3 is 0 Å². The van der Waals surface area contributed by atoms with Crippen LogP contribution in [0.5, 0.6) is 0 Å². The summed E-state index contributed by atoms with van der Waals surface area (Å²) in [5.74, 6) is 0.372. The average molecular weight is 267 g/mol. The molecule has 1 aromatic rings. The molecule has 0 bridgehead atoms. The van der Waals surface area contributed by atoms with Crippen LogP contribution in [0.2, 0.25) is 0 Å². The first kappa shape index (κ1) is 21.7. The Balaban J connectivity index is 0.000000406. The highest BCUT2D eigenvalue weighted by Crippen LogP contribution is 2.01. The molecule has 0 aromatic carbocycles. The van der Waals surface area contributed by atoms with Crippen molar-refractivity contribution in [3.05, 3.63) is 17.5 Å². The second kappa shape index (κ2) is 10.4. The number of hydrogen-bond acceptors (Lipinski definition) is 3. The first-order valence-corrected chi connectivity index (χ1v) is 6.99. The predicted octanol–water partition coefficient (Wildman–Crippen LogP) is -3.64. The van der Waals surface area contributed by atoms with Gasteiger partial charge in [-0.15, -0.1) is 0 Å². The molecule has 0 saturated carbocycles. The van der Waals surface area contributed by atoms with E-state index >= 15 is 0 Å². The smallest absolute Gasteiger partial charge is 0.220 e. The molecule has 90 valence electrons. The van der Waals surface area contributed by atoms with E-state index in [0.29, 0.717) is 5.95 Å². The normalized spacial score (nSPS) is 9.18. The lowest BCUT2D eigenvalue weighted by Crippen LogP contribution is -2.67. The van der Waals surface area contributed by atoms with Crippen molar-refractivity contribution in [2.24, 2.45) is 0 Å². The van der Waals surface area contributed by atoms with Crippen molar-refractivity contribution in [2.45, 2.75) is 20.3 Å². The van der Waals surface area contributed by atoms with Gasteiger partial charge in [-0.1, -0.05) is 6.92 Å². The van der Waals surface area contributed by atoms with E-state index in [0.717, 1.165) is 17.8 Å². The number of aromatic nitrogens is 2.